The van der Waals surface area contributed by atoms with Crippen molar-refractivity contribution in [1.82, 2.24) is 3.80 Å². The van der Waals surface area contributed by atoms with Crippen LogP contribution in [0.5, 0.6) is 0 Å². The van der Waals surface area contributed by atoms with Gasteiger partial charge in [-0.3, -0.25) is 0 Å². The molecule has 5 aliphatic rings. The maximum absolute atomic E-state index is 13.7. The number of nitrogens with one attached hydrogen (secondary N) is 1. The Bertz CT molecular complexity index is 748. The van der Waals surface area contributed by atoms with Crippen LogP contribution in [0.25, 0.3) is 0 Å². The van der Waals surface area contributed by atoms with Crippen molar-refractivity contribution in [3.63, 3.8) is 0 Å². The van der Waals surface area contributed by atoms with E-state index in [9.17, 15) is 4.79 Å². The first-order chi connectivity index (χ1) is 17.2. The fourth-order valence-corrected chi connectivity index (χ4v) is 16.6. The average Bonchev–Trinajstić information content (AvgIpc) is 3.56. The number of amides is 1. The van der Waals surface area contributed by atoms with Crippen LogP contribution in [-0.4, -0.2) is 5.91 Å². The summed E-state index contributed by atoms with van der Waals surface area (Å²) in [5.41, 5.74) is 0. The van der Waals surface area contributed by atoms with E-state index in [0.717, 1.165) is 40.7 Å². The van der Waals surface area contributed by atoms with Gasteiger partial charge >= 0.3 is 195 Å². The molecule has 4 aliphatic carbocycles. The molecule has 3 heteroatoms. The van der Waals surface area contributed by atoms with Gasteiger partial charge in [0, 0.05) is 0 Å². The van der Waals surface area contributed by atoms with E-state index in [1.807, 2.05) is 0 Å². The molecule has 0 aromatic carbocycles. The van der Waals surface area contributed by atoms with E-state index in [1.165, 1.54) is 92.9 Å². The minimum atomic E-state index is -2.25. The summed E-state index contributed by atoms with van der Waals surface area (Å²) in [4.78, 5) is 13.7. The topological polar surface area (TPSA) is 29.1 Å². The second kappa shape index (κ2) is 13.6. The van der Waals surface area contributed by atoms with Crippen molar-refractivity contribution in [2.45, 2.75) is 110 Å². The SMILES string of the molecule is C=CC=C.O=C([NH][Ti]1([CH]2C3C=CC=CC3C3CCCCC32)[CH2][CH2]1)C1CCCCCCCCCCC1. The van der Waals surface area contributed by atoms with Crippen LogP contribution in [0, 0.1) is 29.6 Å². The Labute approximate surface area is 219 Å². The van der Waals surface area contributed by atoms with Crippen LogP contribution in [0.4, 0.5) is 0 Å². The van der Waals surface area contributed by atoms with Gasteiger partial charge in [-0.05, 0) is 0 Å². The average molecular weight is 514 g/mol. The van der Waals surface area contributed by atoms with Crippen LogP contribution in [0.2, 0.25) is 13.7 Å². The van der Waals surface area contributed by atoms with Crippen LogP contribution in [0.1, 0.15) is 96.3 Å². The number of fused-ring (bicyclic) bond motifs is 3. The summed E-state index contributed by atoms with van der Waals surface area (Å²) in [5.74, 6) is 4.16. The first kappa shape index (κ1) is 27.2. The normalized spacial score (nSPS) is 34.6. The van der Waals surface area contributed by atoms with Crippen LogP contribution >= 0.6 is 0 Å². The summed E-state index contributed by atoms with van der Waals surface area (Å²) < 4.78 is 7.63. The molecule has 5 unspecified atom stereocenters. The molecule has 2 nitrogen and oxygen atoms in total. The number of hydrogen-bond acceptors (Lipinski definition) is 1. The van der Waals surface area contributed by atoms with Gasteiger partial charge in [-0.25, -0.2) is 0 Å². The first-order valence-electron chi connectivity index (χ1n) is 15.1. The van der Waals surface area contributed by atoms with Gasteiger partial charge in [0.1, 0.15) is 0 Å². The Morgan fingerprint density at radius 3 is 1.71 bits per heavy atom. The molecule has 1 amide bonds. The monoisotopic (exact) mass is 513 g/mol. The van der Waals surface area contributed by atoms with Crippen LogP contribution < -0.4 is 3.80 Å². The van der Waals surface area contributed by atoms with E-state index in [2.05, 4.69) is 41.3 Å². The van der Waals surface area contributed by atoms with Crippen molar-refractivity contribution < 1.29 is 21.6 Å². The summed E-state index contributed by atoms with van der Waals surface area (Å²) in [5, 5.41) is 0. The molecule has 1 N–H and O–H groups in total. The third-order valence-corrected chi connectivity index (χ3v) is 16.8. The van der Waals surface area contributed by atoms with Crippen molar-refractivity contribution in [1.29, 1.82) is 0 Å². The molecule has 0 spiro atoms. The number of carbonyl (C=O) groups excluding carboxylic acids is 1. The molecule has 1 aliphatic heterocycles. The zero-order valence-electron chi connectivity index (χ0n) is 22.3. The van der Waals surface area contributed by atoms with Crippen molar-refractivity contribution in [3.8, 4) is 0 Å². The van der Waals surface area contributed by atoms with E-state index in [-0.39, 0.29) is 0 Å². The minimum absolute atomic E-state index is 0.309. The van der Waals surface area contributed by atoms with E-state index in [0.29, 0.717) is 11.8 Å². The second-order valence-corrected chi connectivity index (χ2v) is 18.7. The molecule has 0 aromatic heterocycles. The van der Waals surface area contributed by atoms with E-state index < -0.39 is 16.8 Å². The van der Waals surface area contributed by atoms with Gasteiger partial charge in [0.05, 0.1) is 0 Å². The molecule has 0 bridgehead atoms. The molecule has 194 valence electrons. The molecular formula is C32H51NOTi. The molecule has 35 heavy (non-hydrogen) atoms. The Morgan fingerprint density at radius 1 is 0.686 bits per heavy atom. The Kier molecular flexibility index (Phi) is 10.6. The standard InChI is InChI=1S/C13H25NO.C13H17.C4H6.C2H4.Ti/c14-13(15)12-10-8-6-4-2-1-3-5-7-9-11-12;1-3-7-12-10(5-1)9-11-6-2-4-8-13(11)12;1-3-4-2;1-2;/h12H,1-11H2,(H2,14,15);1,3,5,7,9-13H,2,4,6,8H2;3-4H,1-2H2;1-2H2;/q;;;;+1/p-1. The Morgan fingerprint density at radius 2 is 1.17 bits per heavy atom. The molecular weight excluding hydrogens is 462 g/mol. The predicted octanol–water partition coefficient (Wildman–Crippen LogP) is 9.27. The number of rotatable bonds is 4. The third kappa shape index (κ3) is 6.92. The zero-order chi connectivity index (χ0) is 24.5. The summed E-state index contributed by atoms with van der Waals surface area (Å²) in [6, 6.07) is 0. The zero-order valence-corrected chi connectivity index (χ0v) is 23.8. The fraction of sp³-hybridized carbons (Fsp3) is 0.719. The second-order valence-electron chi connectivity index (χ2n) is 12.1. The van der Waals surface area contributed by atoms with Crippen molar-refractivity contribution in [2.75, 3.05) is 0 Å². The molecule has 0 aromatic rings. The van der Waals surface area contributed by atoms with Gasteiger partial charge in [0.25, 0.3) is 0 Å². The molecule has 5 rings (SSSR count). The predicted molar refractivity (Wildman–Crippen MR) is 147 cm³/mol. The van der Waals surface area contributed by atoms with Crippen LogP contribution in [0.15, 0.2) is 49.6 Å². The number of allylic oxidation sites excluding steroid dienone is 6. The third-order valence-electron chi connectivity index (χ3n) is 9.91. The van der Waals surface area contributed by atoms with Crippen LogP contribution in [-0.2, 0) is 21.6 Å². The maximum atomic E-state index is 13.7. The quantitative estimate of drug-likeness (QED) is 0.295. The van der Waals surface area contributed by atoms with Gasteiger partial charge in [0.15, 0.2) is 0 Å². The van der Waals surface area contributed by atoms with Gasteiger partial charge in [-0.1, -0.05) is 25.3 Å². The molecule has 1 saturated heterocycles. The summed E-state index contributed by atoms with van der Waals surface area (Å²) >= 11 is -2.25. The van der Waals surface area contributed by atoms with Crippen molar-refractivity contribution >= 4 is 5.91 Å². The molecule has 5 atom stereocenters. The van der Waals surface area contributed by atoms with Gasteiger partial charge < -0.3 is 0 Å². The van der Waals surface area contributed by atoms with E-state index >= 15 is 0 Å². The van der Waals surface area contributed by atoms with Crippen molar-refractivity contribution in [2.24, 2.45) is 29.6 Å². The van der Waals surface area contributed by atoms with Crippen LogP contribution in [0.3, 0.4) is 0 Å². The van der Waals surface area contributed by atoms with Crippen molar-refractivity contribution in [3.05, 3.63) is 49.6 Å². The molecule has 3 saturated carbocycles. The van der Waals surface area contributed by atoms with E-state index in [1.54, 1.807) is 12.2 Å². The van der Waals surface area contributed by atoms with Gasteiger partial charge in [-0.2, -0.15) is 0 Å². The molecule has 1 heterocycles. The Hall–Kier alpha value is -0.856. The summed E-state index contributed by atoms with van der Waals surface area (Å²) in [6.07, 6.45) is 33.3. The fourth-order valence-electron chi connectivity index (χ4n) is 8.05. The van der Waals surface area contributed by atoms with Gasteiger partial charge in [0.2, 0.25) is 0 Å². The van der Waals surface area contributed by atoms with Gasteiger partial charge in [-0.15, -0.1) is 0 Å². The molecule has 4 fully saturated rings. The number of hydrogen-bond donors (Lipinski definition) is 1. The number of carbonyl (C=O) groups is 1. The van der Waals surface area contributed by atoms with E-state index in [4.69, 9.17) is 0 Å². The summed E-state index contributed by atoms with van der Waals surface area (Å²) in [6.45, 7) is 6.72. The summed E-state index contributed by atoms with van der Waals surface area (Å²) in [7, 11) is 0. The molecule has 0 radical (unpaired) electrons. The Balaban J connectivity index is 0.000000672. The first-order valence-corrected chi connectivity index (χ1v) is 19.0.